The lowest BCUT2D eigenvalue weighted by molar-refractivity contribution is -0.131. The molecule has 7 nitrogen and oxygen atoms in total. The molecule has 3 aromatic rings. The summed E-state index contributed by atoms with van der Waals surface area (Å²) in [4.78, 5) is 31.6. The fourth-order valence-corrected chi connectivity index (χ4v) is 4.30. The molecule has 0 spiro atoms. The Labute approximate surface area is 215 Å². The lowest BCUT2D eigenvalue weighted by Gasteiger charge is -2.27. The molecule has 0 saturated carbocycles. The van der Waals surface area contributed by atoms with Gasteiger partial charge in [0.2, 0.25) is 5.91 Å². The maximum Gasteiger partial charge on any atom is 0.254 e. The highest BCUT2D eigenvalue weighted by Gasteiger charge is 2.24. The highest BCUT2D eigenvalue weighted by Crippen LogP contribution is 2.20. The Balaban J connectivity index is 1.37. The summed E-state index contributed by atoms with van der Waals surface area (Å²) in [6, 6.07) is 15.3. The molecule has 2 heterocycles. The third kappa shape index (κ3) is 6.87. The van der Waals surface area contributed by atoms with Gasteiger partial charge < -0.3 is 14.7 Å². The van der Waals surface area contributed by atoms with Crippen LogP contribution in [-0.2, 0) is 4.79 Å². The summed E-state index contributed by atoms with van der Waals surface area (Å²) < 4.78 is 26.5. The molecule has 0 bridgehead atoms. The van der Waals surface area contributed by atoms with Crippen molar-refractivity contribution in [3.05, 3.63) is 77.9 Å². The number of hydrogen-bond acceptors (Lipinski definition) is 5. The zero-order valence-electron chi connectivity index (χ0n) is 20.9. The standard InChI is InChI=1S/C28H31F2N5O2/c1-2-3-15-35(28(37)22-7-11-24(30)12-8-22)20-27(36)34-17-4-16-33(18-19-34)26-14-13-25(31-32-26)21-5-9-23(29)10-6-21/h5-14H,2-4,15-20H2,1H3. The van der Waals surface area contributed by atoms with Crippen LogP contribution in [0.3, 0.4) is 0 Å². The Bertz CT molecular complexity index is 1190. The molecule has 0 aliphatic carbocycles. The topological polar surface area (TPSA) is 69.6 Å². The molecule has 1 aromatic heterocycles. The average molecular weight is 508 g/mol. The van der Waals surface area contributed by atoms with Crippen molar-refractivity contribution in [2.24, 2.45) is 0 Å². The van der Waals surface area contributed by atoms with Gasteiger partial charge in [-0.25, -0.2) is 8.78 Å². The maximum absolute atomic E-state index is 13.3. The van der Waals surface area contributed by atoms with Crippen molar-refractivity contribution in [1.29, 1.82) is 0 Å². The summed E-state index contributed by atoms with van der Waals surface area (Å²) in [5, 5.41) is 8.65. The Morgan fingerprint density at radius 2 is 1.57 bits per heavy atom. The van der Waals surface area contributed by atoms with Crippen LogP contribution in [0.15, 0.2) is 60.7 Å². The van der Waals surface area contributed by atoms with Gasteiger partial charge in [0.1, 0.15) is 18.2 Å². The Morgan fingerprint density at radius 3 is 2.22 bits per heavy atom. The van der Waals surface area contributed by atoms with Crippen molar-refractivity contribution >= 4 is 17.6 Å². The van der Waals surface area contributed by atoms with E-state index < -0.39 is 5.82 Å². The zero-order valence-corrected chi connectivity index (χ0v) is 20.9. The number of hydrogen-bond donors (Lipinski definition) is 0. The van der Waals surface area contributed by atoms with Crippen LogP contribution >= 0.6 is 0 Å². The lowest BCUT2D eigenvalue weighted by Crippen LogP contribution is -2.44. The molecule has 1 fully saturated rings. The van der Waals surface area contributed by atoms with E-state index in [2.05, 4.69) is 15.1 Å². The molecule has 1 saturated heterocycles. The van der Waals surface area contributed by atoms with Gasteiger partial charge in [-0.3, -0.25) is 9.59 Å². The summed E-state index contributed by atoms with van der Waals surface area (Å²) in [5.74, 6) is -0.362. The minimum Gasteiger partial charge on any atom is -0.353 e. The van der Waals surface area contributed by atoms with Crippen LogP contribution in [-0.4, -0.2) is 71.1 Å². The molecule has 9 heteroatoms. The van der Waals surface area contributed by atoms with E-state index >= 15 is 0 Å². The molecule has 4 rings (SSSR count). The van der Waals surface area contributed by atoms with Crippen LogP contribution in [0.25, 0.3) is 11.3 Å². The molecule has 0 unspecified atom stereocenters. The zero-order chi connectivity index (χ0) is 26.2. The quantitative estimate of drug-likeness (QED) is 0.452. The second-order valence-corrected chi connectivity index (χ2v) is 9.09. The average Bonchev–Trinajstić information content (AvgIpc) is 3.18. The second kappa shape index (κ2) is 12.4. The van der Waals surface area contributed by atoms with Gasteiger partial charge >= 0.3 is 0 Å². The van der Waals surface area contributed by atoms with Crippen LogP contribution in [0.1, 0.15) is 36.5 Å². The van der Waals surface area contributed by atoms with Crippen molar-refractivity contribution in [3.8, 4) is 11.3 Å². The number of nitrogens with zero attached hydrogens (tertiary/aromatic N) is 5. The first-order chi connectivity index (χ1) is 17.9. The van der Waals surface area contributed by atoms with Gasteiger partial charge in [0.05, 0.1) is 5.69 Å². The fourth-order valence-electron chi connectivity index (χ4n) is 4.30. The predicted molar refractivity (Wildman–Crippen MR) is 138 cm³/mol. The van der Waals surface area contributed by atoms with E-state index in [9.17, 15) is 18.4 Å². The van der Waals surface area contributed by atoms with Gasteiger partial charge in [-0.1, -0.05) is 13.3 Å². The summed E-state index contributed by atoms with van der Waals surface area (Å²) in [6.45, 7) is 4.90. The highest BCUT2D eigenvalue weighted by atomic mass is 19.1. The summed E-state index contributed by atoms with van der Waals surface area (Å²) in [7, 11) is 0. The predicted octanol–water partition coefficient (Wildman–Crippen LogP) is 4.40. The molecule has 2 aromatic carbocycles. The van der Waals surface area contributed by atoms with E-state index in [1.807, 2.05) is 19.1 Å². The molecule has 0 N–H and O–H groups in total. The van der Waals surface area contributed by atoms with Crippen molar-refractivity contribution in [2.75, 3.05) is 44.2 Å². The van der Waals surface area contributed by atoms with E-state index in [1.54, 1.807) is 21.9 Å². The van der Waals surface area contributed by atoms with Crippen LogP contribution in [0.2, 0.25) is 0 Å². The molecular weight excluding hydrogens is 476 g/mol. The normalized spacial score (nSPS) is 13.8. The van der Waals surface area contributed by atoms with Gasteiger partial charge in [0.15, 0.2) is 5.82 Å². The van der Waals surface area contributed by atoms with Crippen molar-refractivity contribution < 1.29 is 18.4 Å². The van der Waals surface area contributed by atoms with Crippen molar-refractivity contribution in [1.82, 2.24) is 20.0 Å². The molecule has 0 atom stereocenters. The number of rotatable bonds is 8. The van der Waals surface area contributed by atoms with Crippen molar-refractivity contribution in [2.45, 2.75) is 26.2 Å². The fraction of sp³-hybridized carbons (Fsp3) is 0.357. The van der Waals surface area contributed by atoms with E-state index in [0.717, 1.165) is 37.2 Å². The second-order valence-electron chi connectivity index (χ2n) is 9.09. The minimum absolute atomic E-state index is 0.0115. The first-order valence-electron chi connectivity index (χ1n) is 12.6. The smallest absolute Gasteiger partial charge is 0.254 e. The summed E-state index contributed by atoms with van der Waals surface area (Å²) in [5.41, 5.74) is 1.82. The van der Waals surface area contributed by atoms with Gasteiger partial charge in [0, 0.05) is 43.9 Å². The van der Waals surface area contributed by atoms with Gasteiger partial charge in [-0.2, -0.15) is 0 Å². The molecule has 1 aliphatic rings. The Morgan fingerprint density at radius 1 is 0.865 bits per heavy atom. The molecule has 1 aliphatic heterocycles. The third-order valence-corrected chi connectivity index (χ3v) is 6.45. The van der Waals surface area contributed by atoms with E-state index in [0.29, 0.717) is 37.4 Å². The van der Waals surface area contributed by atoms with Crippen molar-refractivity contribution in [3.63, 3.8) is 0 Å². The third-order valence-electron chi connectivity index (χ3n) is 6.45. The number of anilines is 1. The van der Waals surface area contributed by atoms with Crippen LogP contribution in [0.5, 0.6) is 0 Å². The first-order valence-corrected chi connectivity index (χ1v) is 12.6. The first kappa shape index (κ1) is 26.2. The maximum atomic E-state index is 13.3. The Hall–Kier alpha value is -3.88. The molecule has 0 radical (unpaired) electrons. The summed E-state index contributed by atoms with van der Waals surface area (Å²) >= 11 is 0. The van der Waals surface area contributed by atoms with E-state index in [-0.39, 0.29) is 24.2 Å². The number of unbranched alkanes of at least 4 members (excludes halogenated alkanes) is 1. The summed E-state index contributed by atoms with van der Waals surface area (Å²) in [6.07, 6.45) is 2.43. The monoisotopic (exact) mass is 507 g/mol. The molecule has 194 valence electrons. The molecule has 2 amide bonds. The van der Waals surface area contributed by atoms with E-state index in [1.165, 1.54) is 36.4 Å². The lowest BCUT2D eigenvalue weighted by atomic mass is 10.1. The number of carbonyl (C=O) groups is 2. The van der Waals surface area contributed by atoms with Gasteiger partial charge in [-0.15, -0.1) is 10.2 Å². The SMILES string of the molecule is CCCCN(CC(=O)N1CCCN(c2ccc(-c3ccc(F)cc3)nn2)CC1)C(=O)c1ccc(F)cc1. The minimum atomic E-state index is -0.406. The number of halogens is 2. The van der Waals surface area contributed by atoms with Crippen LogP contribution in [0.4, 0.5) is 14.6 Å². The Kier molecular flexibility index (Phi) is 8.77. The number of benzene rings is 2. The van der Waals surface area contributed by atoms with Crippen LogP contribution in [0, 0.1) is 11.6 Å². The number of carbonyl (C=O) groups excluding carboxylic acids is 2. The number of aromatic nitrogens is 2. The number of amides is 2. The van der Waals surface area contributed by atoms with Crippen LogP contribution < -0.4 is 4.90 Å². The molecular formula is C28H31F2N5O2. The molecule has 37 heavy (non-hydrogen) atoms. The van der Waals surface area contributed by atoms with E-state index in [4.69, 9.17) is 0 Å². The van der Waals surface area contributed by atoms with Gasteiger partial charge in [0.25, 0.3) is 5.91 Å². The highest BCUT2D eigenvalue weighted by molar-refractivity contribution is 5.96. The van der Waals surface area contributed by atoms with Gasteiger partial charge in [-0.05, 0) is 73.5 Å². The largest absolute Gasteiger partial charge is 0.353 e.